The van der Waals surface area contributed by atoms with Crippen LogP contribution in [-0.2, 0) is 24.3 Å². The number of amides is 2. The van der Waals surface area contributed by atoms with Gasteiger partial charge in [0, 0.05) is 55.3 Å². The molecule has 0 aliphatic carbocycles. The molecule has 4 aromatic rings. The van der Waals surface area contributed by atoms with Crippen molar-refractivity contribution in [2.75, 3.05) is 10.6 Å². The fourth-order valence-electron chi connectivity index (χ4n) is 4.27. The Morgan fingerprint density at radius 2 is 1.89 bits per heavy atom. The van der Waals surface area contributed by atoms with Crippen molar-refractivity contribution >= 4 is 23.2 Å². The number of aromatic nitrogens is 5. The average Bonchev–Trinajstić information content (AvgIpc) is 3.49. The third-order valence-electron chi connectivity index (χ3n) is 6.14. The highest BCUT2D eigenvalue weighted by molar-refractivity contribution is 6.05. The third kappa shape index (κ3) is 5.32. The predicted octanol–water partition coefficient (Wildman–Crippen LogP) is 4.29. The smallest absolute Gasteiger partial charge is 0.255 e. The van der Waals surface area contributed by atoms with E-state index >= 15 is 0 Å². The van der Waals surface area contributed by atoms with Gasteiger partial charge in [-0.1, -0.05) is 12.5 Å². The Bertz CT molecular complexity index is 1380. The summed E-state index contributed by atoms with van der Waals surface area (Å²) in [4.78, 5) is 29.2. The van der Waals surface area contributed by atoms with Crippen LogP contribution in [0.2, 0.25) is 0 Å². The van der Waals surface area contributed by atoms with E-state index in [1.54, 1.807) is 49.1 Å². The predicted molar refractivity (Wildman–Crippen MR) is 133 cm³/mol. The van der Waals surface area contributed by atoms with E-state index in [0.29, 0.717) is 34.9 Å². The van der Waals surface area contributed by atoms with Crippen molar-refractivity contribution in [3.63, 3.8) is 0 Å². The fourth-order valence-corrected chi connectivity index (χ4v) is 4.27. The molecule has 0 fully saturated rings. The van der Waals surface area contributed by atoms with Gasteiger partial charge in [0.05, 0.1) is 11.9 Å². The second-order valence-electron chi connectivity index (χ2n) is 8.73. The first kappa shape index (κ1) is 23.4. The van der Waals surface area contributed by atoms with Crippen LogP contribution in [0.5, 0.6) is 0 Å². The molecule has 2 N–H and O–H groups in total. The van der Waals surface area contributed by atoms with Gasteiger partial charge in [-0.15, -0.1) is 10.2 Å². The number of benzene rings is 2. The molecule has 0 atom stereocenters. The minimum Gasteiger partial charge on any atom is -0.337 e. The number of carbonyl (C=O) groups is 2. The highest BCUT2D eigenvalue weighted by Crippen LogP contribution is 2.28. The van der Waals surface area contributed by atoms with Gasteiger partial charge in [0.2, 0.25) is 5.91 Å². The van der Waals surface area contributed by atoms with E-state index in [1.165, 1.54) is 12.1 Å². The number of anilines is 2. The summed E-state index contributed by atoms with van der Waals surface area (Å²) in [5.74, 6) is 0.369. The quantitative estimate of drug-likeness (QED) is 0.405. The van der Waals surface area contributed by atoms with Crippen LogP contribution < -0.4 is 10.6 Å². The molecule has 3 heterocycles. The topological polar surface area (TPSA) is 107 Å². The van der Waals surface area contributed by atoms with Crippen molar-refractivity contribution in [3.8, 4) is 11.4 Å². The summed E-state index contributed by atoms with van der Waals surface area (Å²) in [7, 11) is 0. The van der Waals surface area contributed by atoms with Gasteiger partial charge in [0.25, 0.3) is 5.91 Å². The summed E-state index contributed by atoms with van der Waals surface area (Å²) in [6.45, 7) is 1.25. The molecule has 2 aromatic carbocycles. The highest BCUT2D eigenvalue weighted by Gasteiger charge is 2.19. The van der Waals surface area contributed by atoms with Crippen LogP contribution in [0.25, 0.3) is 11.4 Å². The SMILES string of the molecule is O=C(CCn1ccnc1)Nc1cccc(C(=O)Nc2ccc(F)c(-c3nnc4n3CCCCC4)c2)c1. The highest BCUT2D eigenvalue weighted by atomic mass is 19.1. The van der Waals surface area contributed by atoms with Crippen molar-refractivity contribution in [1.29, 1.82) is 0 Å². The average molecular weight is 488 g/mol. The first-order chi connectivity index (χ1) is 17.6. The molecule has 5 rings (SSSR count). The van der Waals surface area contributed by atoms with Crippen LogP contribution in [0.15, 0.2) is 61.2 Å². The Kier molecular flexibility index (Phi) is 6.83. The van der Waals surface area contributed by atoms with Crippen molar-refractivity contribution in [2.45, 2.75) is 45.2 Å². The number of nitrogens with one attached hydrogen (secondary N) is 2. The number of fused-ring (bicyclic) bond motifs is 1. The lowest BCUT2D eigenvalue weighted by atomic mass is 10.1. The van der Waals surface area contributed by atoms with Gasteiger partial charge in [0.1, 0.15) is 11.6 Å². The lowest BCUT2D eigenvalue weighted by molar-refractivity contribution is -0.116. The minimum absolute atomic E-state index is 0.170. The van der Waals surface area contributed by atoms with Gasteiger partial charge in [-0.05, 0) is 49.2 Å². The maximum absolute atomic E-state index is 14.8. The van der Waals surface area contributed by atoms with Gasteiger partial charge in [0.15, 0.2) is 5.82 Å². The molecule has 0 radical (unpaired) electrons. The van der Waals surface area contributed by atoms with Crippen LogP contribution >= 0.6 is 0 Å². The maximum atomic E-state index is 14.8. The van der Waals surface area contributed by atoms with Crippen molar-refractivity contribution in [2.24, 2.45) is 0 Å². The van der Waals surface area contributed by atoms with E-state index < -0.39 is 5.82 Å². The van der Waals surface area contributed by atoms with Crippen molar-refractivity contribution in [3.05, 3.63) is 78.4 Å². The summed E-state index contributed by atoms with van der Waals surface area (Å²) >= 11 is 0. The van der Waals surface area contributed by atoms with Crippen LogP contribution in [0, 0.1) is 5.82 Å². The number of halogens is 1. The molecule has 0 saturated carbocycles. The lowest BCUT2D eigenvalue weighted by Gasteiger charge is -2.11. The molecular formula is C26H26FN7O2. The summed E-state index contributed by atoms with van der Waals surface area (Å²) < 4.78 is 18.5. The van der Waals surface area contributed by atoms with Crippen molar-refractivity contribution < 1.29 is 14.0 Å². The Morgan fingerprint density at radius 3 is 2.75 bits per heavy atom. The fraction of sp³-hybridized carbons (Fsp3) is 0.269. The molecule has 0 unspecified atom stereocenters. The molecule has 0 spiro atoms. The van der Waals surface area contributed by atoms with Gasteiger partial charge in [-0.25, -0.2) is 9.37 Å². The Balaban J connectivity index is 1.28. The standard InChI is InChI=1S/C26H26FN7O2/c27-22-9-8-20(16-21(22)25-32-31-23-7-2-1-3-12-34(23)25)30-26(36)18-5-4-6-19(15-18)29-24(35)10-13-33-14-11-28-17-33/h4-6,8-9,11,14-17H,1-3,7,10,12-13H2,(H,29,35)(H,30,36). The van der Waals surface area contributed by atoms with Gasteiger partial charge in [-0.2, -0.15) is 0 Å². The molecule has 0 saturated heterocycles. The molecule has 10 heteroatoms. The molecule has 0 bridgehead atoms. The maximum Gasteiger partial charge on any atom is 0.255 e. The lowest BCUT2D eigenvalue weighted by Crippen LogP contribution is -2.16. The first-order valence-electron chi connectivity index (χ1n) is 12.0. The summed E-state index contributed by atoms with van der Waals surface area (Å²) in [5.41, 5.74) is 1.62. The second kappa shape index (κ2) is 10.5. The molecule has 184 valence electrons. The zero-order valence-corrected chi connectivity index (χ0v) is 19.7. The van der Waals surface area contributed by atoms with E-state index in [2.05, 4.69) is 25.8 Å². The first-order valence-corrected chi connectivity index (χ1v) is 12.0. The molecule has 9 nitrogen and oxygen atoms in total. The minimum atomic E-state index is -0.423. The van der Waals surface area contributed by atoms with E-state index in [-0.39, 0.29) is 18.2 Å². The van der Waals surface area contributed by atoms with E-state index in [1.807, 2.05) is 9.13 Å². The summed E-state index contributed by atoms with van der Waals surface area (Å²) in [6.07, 6.45) is 9.33. The molecule has 2 amide bonds. The third-order valence-corrected chi connectivity index (χ3v) is 6.14. The van der Waals surface area contributed by atoms with Crippen LogP contribution in [0.3, 0.4) is 0 Å². The molecular weight excluding hydrogens is 461 g/mol. The van der Waals surface area contributed by atoms with Crippen LogP contribution in [-0.4, -0.2) is 36.1 Å². The Labute approximate surface area is 207 Å². The number of nitrogens with zero attached hydrogens (tertiary/aromatic N) is 5. The van der Waals surface area contributed by atoms with Crippen LogP contribution in [0.4, 0.5) is 15.8 Å². The van der Waals surface area contributed by atoms with Gasteiger partial charge >= 0.3 is 0 Å². The number of hydrogen-bond acceptors (Lipinski definition) is 5. The Morgan fingerprint density at radius 1 is 1.00 bits per heavy atom. The van der Waals surface area contributed by atoms with E-state index in [9.17, 15) is 14.0 Å². The van der Waals surface area contributed by atoms with E-state index in [4.69, 9.17) is 0 Å². The van der Waals surface area contributed by atoms with Gasteiger partial charge in [-0.3, -0.25) is 9.59 Å². The zero-order valence-electron chi connectivity index (χ0n) is 19.7. The van der Waals surface area contributed by atoms with E-state index in [0.717, 1.165) is 38.1 Å². The number of rotatable bonds is 7. The number of hydrogen-bond donors (Lipinski definition) is 2. The normalized spacial score (nSPS) is 13.0. The van der Waals surface area contributed by atoms with Crippen LogP contribution in [0.1, 0.15) is 41.9 Å². The van der Waals surface area contributed by atoms with Crippen molar-refractivity contribution in [1.82, 2.24) is 24.3 Å². The monoisotopic (exact) mass is 487 g/mol. The molecule has 1 aliphatic heterocycles. The summed E-state index contributed by atoms with van der Waals surface area (Å²) in [6, 6.07) is 11.1. The van der Waals surface area contributed by atoms with Gasteiger partial charge < -0.3 is 19.8 Å². The summed E-state index contributed by atoms with van der Waals surface area (Å²) in [5, 5.41) is 14.1. The number of aryl methyl sites for hydroxylation is 2. The Hall–Kier alpha value is -4.34. The molecule has 36 heavy (non-hydrogen) atoms. The zero-order chi connectivity index (χ0) is 24.9. The second-order valence-corrected chi connectivity index (χ2v) is 8.73. The number of carbonyl (C=O) groups excluding carboxylic acids is 2. The molecule has 1 aliphatic rings. The largest absolute Gasteiger partial charge is 0.337 e. The molecule has 2 aromatic heterocycles. The number of imidazole rings is 1.